The Morgan fingerprint density at radius 1 is 1.20 bits per heavy atom. The molecule has 0 fully saturated rings. The smallest absolute Gasteiger partial charge is 0.139 e. The number of hydrogen-bond acceptors (Lipinski definition) is 2. The molecule has 102 valence electrons. The van der Waals surface area contributed by atoms with Crippen LogP contribution in [-0.4, -0.2) is 15.9 Å². The van der Waals surface area contributed by atoms with Crippen molar-refractivity contribution in [3.63, 3.8) is 0 Å². The van der Waals surface area contributed by atoms with Gasteiger partial charge in [-0.15, -0.1) is 0 Å². The molecule has 0 saturated carbocycles. The molecule has 3 rings (SSSR count). The molecule has 0 aliphatic heterocycles. The first kappa shape index (κ1) is 12.8. The third kappa shape index (κ3) is 2.08. The Balaban J connectivity index is 2.31. The highest BCUT2D eigenvalue weighted by molar-refractivity contribution is 5.67. The third-order valence-corrected chi connectivity index (χ3v) is 3.49. The van der Waals surface area contributed by atoms with Gasteiger partial charge in [0.1, 0.15) is 11.5 Å². The summed E-state index contributed by atoms with van der Waals surface area (Å²) in [6, 6.07) is 13.0. The molecular weight excluding hydrogens is 253 g/mol. The van der Waals surface area contributed by atoms with Crippen LogP contribution in [-0.2, 0) is 0 Å². The molecule has 0 saturated heterocycles. The number of hydrogen-bond donors (Lipinski definition) is 1. The highest BCUT2D eigenvalue weighted by atomic mass is 19.1. The molecule has 0 amide bonds. The molecule has 1 aromatic carbocycles. The van der Waals surface area contributed by atoms with Gasteiger partial charge in [0.05, 0.1) is 11.4 Å². The molecule has 2 N–H and O–H groups in total. The van der Waals surface area contributed by atoms with Crippen molar-refractivity contribution < 1.29 is 4.39 Å². The lowest BCUT2D eigenvalue weighted by Crippen LogP contribution is -2.12. The summed E-state index contributed by atoms with van der Waals surface area (Å²) in [5, 5.41) is 0. The second kappa shape index (κ2) is 5.06. The van der Waals surface area contributed by atoms with E-state index < -0.39 is 0 Å². The summed E-state index contributed by atoms with van der Waals surface area (Å²) in [7, 11) is 0. The van der Waals surface area contributed by atoms with Crippen LogP contribution < -0.4 is 5.73 Å². The van der Waals surface area contributed by atoms with Crippen LogP contribution in [0.15, 0.2) is 48.7 Å². The molecule has 3 nitrogen and oxygen atoms in total. The number of aromatic nitrogens is 2. The van der Waals surface area contributed by atoms with Crippen LogP contribution in [0, 0.1) is 5.82 Å². The average molecular weight is 269 g/mol. The SMILES string of the molecule is CC(CN)c1c(-c2ccccc2)nc2ccc(F)cn12. The van der Waals surface area contributed by atoms with Crippen molar-refractivity contribution in [1.82, 2.24) is 9.38 Å². The van der Waals surface area contributed by atoms with Crippen LogP contribution in [0.4, 0.5) is 4.39 Å². The van der Waals surface area contributed by atoms with Crippen LogP contribution in [0.25, 0.3) is 16.9 Å². The van der Waals surface area contributed by atoms with Crippen molar-refractivity contribution in [3.05, 3.63) is 60.2 Å². The van der Waals surface area contributed by atoms with Gasteiger partial charge in [0.2, 0.25) is 0 Å². The van der Waals surface area contributed by atoms with Gasteiger partial charge in [-0.05, 0) is 12.1 Å². The molecule has 2 aromatic heterocycles. The van der Waals surface area contributed by atoms with Gasteiger partial charge in [-0.3, -0.25) is 0 Å². The van der Waals surface area contributed by atoms with Crippen LogP contribution in [0.5, 0.6) is 0 Å². The zero-order valence-corrected chi connectivity index (χ0v) is 11.3. The van der Waals surface area contributed by atoms with Crippen LogP contribution in [0.3, 0.4) is 0 Å². The fourth-order valence-corrected chi connectivity index (χ4v) is 2.43. The summed E-state index contributed by atoms with van der Waals surface area (Å²) in [5.41, 5.74) is 9.38. The Morgan fingerprint density at radius 2 is 1.95 bits per heavy atom. The highest BCUT2D eigenvalue weighted by Crippen LogP contribution is 2.29. The normalized spacial score (nSPS) is 12.8. The van der Waals surface area contributed by atoms with E-state index in [1.165, 1.54) is 12.3 Å². The molecule has 0 spiro atoms. The maximum absolute atomic E-state index is 13.5. The molecule has 0 bridgehead atoms. The Kier molecular flexibility index (Phi) is 3.24. The summed E-state index contributed by atoms with van der Waals surface area (Å²) in [5.74, 6) is -0.179. The molecule has 1 unspecified atom stereocenters. The maximum Gasteiger partial charge on any atom is 0.139 e. The topological polar surface area (TPSA) is 43.3 Å². The van der Waals surface area contributed by atoms with E-state index in [-0.39, 0.29) is 11.7 Å². The van der Waals surface area contributed by atoms with Crippen LogP contribution >= 0.6 is 0 Å². The van der Waals surface area contributed by atoms with Crippen molar-refractivity contribution in [1.29, 1.82) is 0 Å². The minimum absolute atomic E-state index is 0.0991. The van der Waals surface area contributed by atoms with Crippen molar-refractivity contribution in [2.45, 2.75) is 12.8 Å². The summed E-state index contributed by atoms with van der Waals surface area (Å²) in [6.07, 6.45) is 1.47. The first-order valence-electron chi connectivity index (χ1n) is 6.63. The van der Waals surface area contributed by atoms with Gasteiger partial charge in [0, 0.05) is 24.2 Å². The first-order valence-corrected chi connectivity index (χ1v) is 6.63. The zero-order valence-electron chi connectivity index (χ0n) is 11.3. The van der Waals surface area contributed by atoms with E-state index in [1.54, 1.807) is 10.5 Å². The molecule has 20 heavy (non-hydrogen) atoms. The van der Waals surface area contributed by atoms with Crippen molar-refractivity contribution in [2.75, 3.05) is 6.54 Å². The second-order valence-electron chi connectivity index (χ2n) is 4.92. The number of fused-ring (bicyclic) bond motifs is 1. The number of pyridine rings is 1. The second-order valence-corrected chi connectivity index (χ2v) is 4.92. The highest BCUT2D eigenvalue weighted by Gasteiger charge is 2.18. The van der Waals surface area contributed by atoms with Gasteiger partial charge in [-0.2, -0.15) is 0 Å². The molecular formula is C16H16FN3. The lowest BCUT2D eigenvalue weighted by Gasteiger charge is -2.11. The third-order valence-electron chi connectivity index (χ3n) is 3.49. The van der Waals surface area contributed by atoms with E-state index >= 15 is 0 Å². The van der Waals surface area contributed by atoms with Gasteiger partial charge in [0.15, 0.2) is 0 Å². The Hall–Kier alpha value is -2.20. The predicted molar refractivity (Wildman–Crippen MR) is 78.1 cm³/mol. The summed E-state index contributed by atoms with van der Waals surface area (Å²) >= 11 is 0. The fraction of sp³-hybridized carbons (Fsp3) is 0.188. The van der Waals surface area contributed by atoms with Gasteiger partial charge in [-0.25, -0.2) is 9.37 Å². The number of benzene rings is 1. The van der Waals surface area contributed by atoms with Crippen LogP contribution in [0.2, 0.25) is 0 Å². The van der Waals surface area contributed by atoms with E-state index in [0.29, 0.717) is 6.54 Å². The maximum atomic E-state index is 13.5. The molecule has 0 aliphatic rings. The average Bonchev–Trinajstić information content (AvgIpc) is 2.86. The Bertz CT molecular complexity index is 734. The van der Waals surface area contributed by atoms with Crippen molar-refractivity contribution in [2.24, 2.45) is 5.73 Å². The van der Waals surface area contributed by atoms with E-state index in [1.807, 2.05) is 37.3 Å². The molecule has 0 radical (unpaired) electrons. The largest absolute Gasteiger partial charge is 0.330 e. The molecule has 3 aromatic rings. The fourth-order valence-electron chi connectivity index (χ4n) is 2.43. The Morgan fingerprint density at radius 3 is 2.65 bits per heavy atom. The Labute approximate surface area is 116 Å². The van der Waals surface area contributed by atoms with Crippen LogP contribution in [0.1, 0.15) is 18.5 Å². The number of imidazole rings is 1. The van der Waals surface area contributed by atoms with E-state index in [4.69, 9.17) is 5.73 Å². The van der Waals surface area contributed by atoms with Gasteiger partial charge < -0.3 is 10.1 Å². The zero-order chi connectivity index (χ0) is 14.1. The van der Waals surface area contributed by atoms with Gasteiger partial charge >= 0.3 is 0 Å². The molecule has 4 heteroatoms. The predicted octanol–water partition coefficient (Wildman–Crippen LogP) is 3.20. The van der Waals surface area contributed by atoms with E-state index in [0.717, 1.165) is 22.6 Å². The van der Waals surface area contributed by atoms with Crippen molar-refractivity contribution in [3.8, 4) is 11.3 Å². The number of rotatable bonds is 3. The van der Waals surface area contributed by atoms with Gasteiger partial charge in [-0.1, -0.05) is 37.3 Å². The molecule has 0 aliphatic carbocycles. The number of nitrogens with two attached hydrogens (primary N) is 1. The monoisotopic (exact) mass is 269 g/mol. The summed E-state index contributed by atoms with van der Waals surface area (Å²) < 4.78 is 15.3. The first-order chi connectivity index (χ1) is 9.70. The minimum atomic E-state index is -0.278. The van der Waals surface area contributed by atoms with E-state index in [9.17, 15) is 4.39 Å². The number of halogens is 1. The number of nitrogens with zero attached hydrogens (tertiary/aromatic N) is 2. The standard InChI is InChI=1S/C16H16FN3/c1-11(9-18)16-15(12-5-3-2-4-6-12)19-14-8-7-13(17)10-20(14)16/h2-8,10-11H,9,18H2,1H3. The van der Waals surface area contributed by atoms with Crippen molar-refractivity contribution >= 4 is 5.65 Å². The quantitative estimate of drug-likeness (QED) is 0.793. The summed E-state index contributed by atoms with van der Waals surface area (Å²) in [4.78, 5) is 4.63. The lowest BCUT2D eigenvalue weighted by molar-refractivity contribution is 0.615. The van der Waals surface area contributed by atoms with E-state index in [2.05, 4.69) is 4.98 Å². The van der Waals surface area contributed by atoms with Gasteiger partial charge in [0.25, 0.3) is 0 Å². The minimum Gasteiger partial charge on any atom is -0.330 e. The summed E-state index contributed by atoms with van der Waals surface area (Å²) in [6.45, 7) is 2.52. The molecule has 2 heterocycles. The lowest BCUT2D eigenvalue weighted by atomic mass is 10.0. The molecule has 1 atom stereocenters.